The van der Waals surface area contributed by atoms with E-state index in [9.17, 15) is 4.79 Å². The standard InChI is InChI=1S/C16H21N5O2/c1-20(16(22)9-13-12-23-8-7-17-13)11-14-10-18-21(19-14)15-5-3-2-4-6-15/h2-6,10,13,17H,7-9,11-12H2,1H3. The zero-order chi connectivity index (χ0) is 16.1. The van der Waals surface area contributed by atoms with Crippen molar-refractivity contribution in [1.82, 2.24) is 25.2 Å². The first kappa shape index (κ1) is 15.6. The van der Waals surface area contributed by atoms with Crippen molar-refractivity contribution in [2.24, 2.45) is 0 Å². The molecule has 1 saturated heterocycles. The lowest BCUT2D eigenvalue weighted by Gasteiger charge is -2.25. The van der Waals surface area contributed by atoms with Gasteiger partial charge in [0.05, 0.1) is 31.6 Å². The molecule has 7 heteroatoms. The summed E-state index contributed by atoms with van der Waals surface area (Å²) in [5.74, 6) is 0.0715. The molecule has 1 N–H and O–H groups in total. The third kappa shape index (κ3) is 4.14. The first-order valence-corrected chi connectivity index (χ1v) is 7.74. The predicted octanol–water partition coefficient (Wildman–Crippen LogP) is 0.604. The van der Waals surface area contributed by atoms with E-state index >= 15 is 0 Å². The Kier molecular flexibility index (Phi) is 4.99. The maximum absolute atomic E-state index is 12.3. The average Bonchev–Trinajstić information content (AvgIpc) is 3.05. The number of morpholine rings is 1. The molecule has 1 unspecified atom stereocenters. The Balaban J connectivity index is 1.56. The lowest BCUT2D eigenvalue weighted by atomic mass is 10.2. The van der Waals surface area contributed by atoms with E-state index in [2.05, 4.69) is 15.5 Å². The number of carbonyl (C=O) groups is 1. The van der Waals surface area contributed by atoms with Crippen molar-refractivity contribution < 1.29 is 9.53 Å². The molecule has 1 aliphatic heterocycles. The fourth-order valence-electron chi connectivity index (χ4n) is 2.50. The van der Waals surface area contributed by atoms with Crippen molar-refractivity contribution in [1.29, 1.82) is 0 Å². The van der Waals surface area contributed by atoms with Gasteiger partial charge in [0, 0.05) is 26.1 Å². The van der Waals surface area contributed by atoms with Crippen LogP contribution in [0.3, 0.4) is 0 Å². The van der Waals surface area contributed by atoms with Crippen LogP contribution in [0.25, 0.3) is 5.69 Å². The number of nitrogens with one attached hydrogen (secondary N) is 1. The first-order valence-electron chi connectivity index (χ1n) is 7.74. The van der Waals surface area contributed by atoms with Crippen LogP contribution in [-0.2, 0) is 16.1 Å². The van der Waals surface area contributed by atoms with Crippen LogP contribution < -0.4 is 5.32 Å². The van der Waals surface area contributed by atoms with Gasteiger partial charge in [-0.15, -0.1) is 0 Å². The number of ether oxygens (including phenoxy) is 1. The normalized spacial score (nSPS) is 17.9. The van der Waals surface area contributed by atoms with Gasteiger partial charge >= 0.3 is 0 Å². The minimum absolute atomic E-state index is 0.0715. The maximum atomic E-state index is 12.3. The molecule has 1 aromatic heterocycles. The van der Waals surface area contributed by atoms with E-state index in [0.29, 0.717) is 26.2 Å². The molecule has 0 bridgehead atoms. The largest absolute Gasteiger partial charge is 0.378 e. The van der Waals surface area contributed by atoms with E-state index in [1.54, 1.807) is 22.9 Å². The molecule has 0 saturated carbocycles. The van der Waals surface area contributed by atoms with Crippen LogP contribution in [0.4, 0.5) is 0 Å². The fraction of sp³-hybridized carbons (Fsp3) is 0.438. The highest BCUT2D eigenvalue weighted by Crippen LogP contribution is 2.07. The van der Waals surface area contributed by atoms with Gasteiger partial charge in [0.2, 0.25) is 5.91 Å². The molecule has 122 valence electrons. The highest BCUT2D eigenvalue weighted by molar-refractivity contribution is 5.76. The fourth-order valence-corrected chi connectivity index (χ4v) is 2.50. The summed E-state index contributed by atoms with van der Waals surface area (Å²) in [5, 5.41) is 12.0. The van der Waals surface area contributed by atoms with Gasteiger partial charge in [0.15, 0.2) is 0 Å². The second-order valence-corrected chi connectivity index (χ2v) is 5.64. The van der Waals surface area contributed by atoms with Crippen LogP contribution in [0, 0.1) is 0 Å². The summed E-state index contributed by atoms with van der Waals surface area (Å²) >= 11 is 0. The number of amides is 1. The summed E-state index contributed by atoms with van der Waals surface area (Å²) in [5.41, 5.74) is 1.66. The van der Waals surface area contributed by atoms with Crippen LogP contribution in [0.15, 0.2) is 36.5 Å². The Morgan fingerprint density at radius 2 is 2.26 bits per heavy atom. The predicted molar refractivity (Wildman–Crippen MR) is 85.1 cm³/mol. The zero-order valence-corrected chi connectivity index (χ0v) is 13.2. The zero-order valence-electron chi connectivity index (χ0n) is 13.2. The second kappa shape index (κ2) is 7.34. The Bertz CT molecular complexity index is 637. The van der Waals surface area contributed by atoms with E-state index in [-0.39, 0.29) is 11.9 Å². The van der Waals surface area contributed by atoms with E-state index in [0.717, 1.165) is 17.9 Å². The van der Waals surface area contributed by atoms with Crippen molar-refractivity contribution in [3.05, 3.63) is 42.2 Å². The first-order chi connectivity index (χ1) is 11.2. The Morgan fingerprint density at radius 1 is 1.43 bits per heavy atom. The van der Waals surface area contributed by atoms with Crippen LogP contribution in [0.1, 0.15) is 12.1 Å². The van der Waals surface area contributed by atoms with Crippen LogP contribution in [0.2, 0.25) is 0 Å². The number of hydrogen-bond donors (Lipinski definition) is 1. The molecule has 23 heavy (non-hydrogen) atoms. The summed E-state index contributed by atoms with van der Waals surface area (Å²) in [6.07, 6.45) is 2.13. The molecule has 1 amide bonds. The molecule has 1 aromatic carbocycles. The molecule has 0 aliphatic carbocycles. The highest BCUT2D eigenvalue weighted by Gasteiger charge is 2.20. The van der Waals surface area contributed by atoms with E-state index in [4.69, 9.17) is 4.74 Å². The third-order valence-corrected chi connectivity index (χ3v) is 3.77. The van der Waals surface area contributed by atoms with Crippen molar-refractivity contribution in [3.8, 4) is 5.69 Å². The number of nitrogens with zero attached hydrogens (tertiary/aromatic N) is 4. The number of para-hydroxylation sites is 1. The molecule has 3 rings (SSSR count). The van der Waals surface area contributed by atoms with Gasteiger partial charge in [-0.05, 0) is 12.1 Å². The molecule has 2 aromatic rings. The molecule has 1 aliphatic rings. The summed E-state index contributed by atoms with van der Waals surface area (Å²) < 4.78 is 5.37. The number of benzene rings is 1. The van der Waals surface area contributed by atoms with Crippen molar-refractivity contribution in [2.45, 2.75) is 19.0 Å². The second-order valence-electron chi connectivity index (χ2n) is 5.64. The monoisotopic (exact) mass is 315 g/mol. The van der Waals surface area contributed by atoms with Gasteiger partial charge in [-0.25, -0.2) is 0 Å². The maximum Gasteiger partial charge on any atom is 0.224 e. The summed E-state index contributed by atoms with van der Waals surface area (Å²) in [6.45, 7) is 2.54. The number of hydrogen-bond acceptors (Lipinski definition) is 5. The van der Waals surface area contributed by atoms with Gasteiger partial charge < -0.3 is 15.0 Å². The van der Waals surface area contributed by atoms with Gasteiger partial charge in [-0.1, -0.05) is 18.2 Å². The molecule has 0 spiro atoms. The van der Waals surface area contributed by atoms with Crippen LogP contribution >= 0.6 is 0 Å². The Morgan fingerprint density at radius 3 is 3.00 bits per heavy atom. The number of aromatic nitrogens is 3. The Hall–Kier alpha value is -2.25. The number of rotatable bonds is 5. The minimum Gasteiger partial charge on any atom is -0.378 e. The summed E-state index contributed by atoms with van der Waals surface area (Å²) in [7, 11) is 1.79. The van der Waals surface area contributed by atoms with Gasteiger partial charge in [0.25, 0.3) is 0 Å². The van der Waals surface area contributed by atoms with Gasteiger partial charge in [0.1, 0.15) is 5.69 Å². The minimum atomic E-state index is 0.0715. The molecular weight excluding hydrogens is 294 g/mol. The SMILES string of the molecule is CN(Cc1cnn(-c2ccccc2)n1)C(=O)CC1COCCN1. The van der Waals surface area contributed by atoms with Crippen LogP contribution in [-0.4, -0.2) is 58.6 Å². The van der Waals surface area contributed by atoms with E-state index in [1.165, 1.54) is 0 Å². The van der Waals surface area contributed by atoms with Crippen molar-refractivity contribution in [2.75, 3.05) is 26.8 Å². The van der Waals surface area contributed by atoms with E-state index in [1.807, 2.05) is 30.3 Å². The molecule has 7 nitrogen and oxygen atoms in total. The highest BCUT2D eigenvalue weighted by atomic mass is 16.5. The average molecular weight is 315 g/mol. The number of carbonyl (C=O) groups excluding carboxylic acids is 1. The van der Waals surface area contributed by atoms with Crippen molar-refractivity contribution in [3.63, 3.8) is 0 Å². The van der Waals surface area contributed by atoms with E-state index < -0.39 is 0 Å². The lowest BCUT2D eigenvalue weighted by molar-refractivity contribution is -0.131. The van der Waals surface area contributed by atoms with Crippen LogP contribution in [0.5, 0.6) is 0 Å². The summed E-state index contributed by atoms with van der Waals surface area (Å²) in [4.78, 5) is 15.5. The smallest absolute Gasteiger partial charge is 0.224 e. The molecular formula is C16H21N5O2. The topological polar surface area (TPSA) is 72.3 Å². The van der Waals surface area contributed by atoms with Gasteiger partial charge in [-0.3, -0.25) is 4.79 Å². The Labute approximate surface area is 135 Å². The summed E-state index contributed by atoms with van der Waals surface area (Å²) in [6, 6.07) is 9.80. The molecule has 0 radical (unpaired) electrons. The molecule has 1 atom stereocenters. The van der Waals surface area contributed by atoms with Crippen molar-refractivity contribution >= 4 is 5.91 Å². The quantitative estimate of drug-likeness (QED) is 0.875. The van der Waals surface area contributed by atoms with Gasteiger partial charge in [-0.2, -0.15) is 15.0 Å². The third-order valence-electron chi connectivity index (χ3n) is 3.77. The molecule has 2 heterocycles. The molecule has 1 fully saturated rings. The lowest BCUT2D eigenvalue weighted by Crippen LogP contribution is -2.44.